The van der Waals surface area contributed by atoms with Crippen molar-refractivity contribution in [1.82, 2.24) is 15.5 Å². The summed E-state index contributed by atoms with van der Waals surface area (Å²) in [5.41, 5.74) is 6.81. The Kier molecular flexibility index (Phi) is 3.96. The van der Waals surface area contributed by atoms with Gasteiger partial charge in [-0.2, -0.15) is 0 Å². The average Bonchev–Trinajstić information content (AvgIpc) is 3.17. The van der Waals surface area contributed by atoms with E-state index in [1.54, 1.807) is 18.5 Å². The molecule has 6 heteroatoms. The number of nitrogens with zero attached hydrogens (tertiary/aromatic N) is 2. The van der Waals surface area contributed by atoms with Gasteiger partial charge in [0, 0.05) is 30.1 Å². The number of hydrogen-bond acceptors (Lipinski definition) is 5. The third-order valence-electron chi connectivity index (χ3n) is 3.97. The second-order valence-electron chi connectivity index (χ2n) is 5.32. The van der Waals surface area contributed by atoms with E-state index in [1.165, 1.54) is 0 Å². The highest BCUT2D eigenvalue weighted by Crippen LogP contribution is 2.25. The standard InChI is InChI=1S/C15H18N4O2/c16-8-10-3-1-5-12(10)18-15(20)13-7-14(21-19-13)11-4-2-6-17-9-11/h2,4,6-7,9-10,12H,1,3,5,8,16H2,(H,18,20). The van der Waals surface area contributed by atoms with Gasteiger partial charge in [0.15, 0.2) is 11.5 Å². The zero-order valence-electron chi connectivity index (χ0n) is 11.7. The molecule has 3 N–H and O–H groups in total. The highest BCUT2D eigenvalue weighted by Gasteiger charge is 2.28. The number of hydrogen-bond donors (Lipinski definition) is 2. The molecule has 1 aliphatic rings. The Hall–Kier alpha value is -2.21. The first kappa shape index (κ1) is 13.8. The molecule has 2 atom stereocenters. The van der Waals surface area contributed by atoms with E-state index in [2.05, 4.69) is 15.5 Å². The maximum atomic E-state index is 12.2. The Balaban J connectivity index is 1.70. The lowest BCUT2D eigenvalue weighted by atomic mass is 10.0. The van der Waals surface area contributed by atoms with Crippen molar-refractivity contribution < 1.29 is 9.32 Å². The number of carbonyl (C=O) groups excluding carboxylic acids is 1. The predicted octanol–water partition coefficient (Wildman–Crippen LogP) is 1.59. The summed E-state index contributed by atoms with van der Waals surface area (Å²) in [5, 5.41) is 6.84. The van der Waals surface area contributed by atoms with Crippen LogP contribution in [0.15, 0.2) is 35.1 Å². The Morgan fingerprint density at radius 2 is 2.38 bits per heavy atom. The number of amides is 1. The Morgan fingerprint density at radius 1 is 1.48 bits per heavy atom. The maximum absolute atomic E-state index is 12.2. The third kappa shape index (κ3) is 2.95. The van der Waals surface area contributed by atoms with E-state index in [-0.39, 0.29) is 17.6 Å². The maximum Gasteiger partial charge on any atom is 0.273 e. The molecule has 0 aliphatic heterocycles. The first-order valence-corrected chi connectivity index (χ1v) is 7.16. The van der Waals surface area contributed by atoms with E-state index in [0.717, 1.165) is 24.8 Å². The fourth-order valence-electron chi connectivity index (χ4n) is 2.78. The molecule has 1 saturated carbocycles. The van der Waals surface area contributed by atoms with E-state index in [0.29, 0.717) is 18.2 Å². The third-order valence-corrected chi connectivity index (χ3v) is 3.97. The van der Waals surface area contributed by atoms with Crippen molar-refractivity contribution in [3.63, 3.8) is 0 Å². The van der Waals surface area contributed by atoms with Crippen molar-refractivity contribution >= 4 is 5.91 Å². The topological polar surface area (TPSA) is 94.0 Å². The molecular weight excluding hydrogens is 268 g/mol. The largest absolute Gasteiger partial charge is 0.355 e. The quantitative estimate of drug-likeness (QED) is 0.890. The first-order valence-electron chi connectivity index (χ1n) is 7.16. The van der Waals surface area contributed by atoms with Gasteiger partial charge in [0.05, 0.1) is 0 Å². The molecule has 0 bridgehead atoms. The SMILES string of the molecule is NCC1CCCC1NC(=O)c1cc(-c2cccnc2)on1. The van der Waals surface area contributed by atoms with E-state index in [4.69, 9.17) is 10.3 Å². The van der Waals surface area contributed by atoms with Crippen molar-refractivity contribution in [2.24, 2.45) is 11.7 Å². The first-order chi connectivity index (χ1) is 10.3. The van der Waals surface area contributed by atoms with Gasteiger partial charge in [-0.15, -0.1) is 0 Å². The molecule has 1 amide bonds. The number of carbonyl (C=O) groups is 1. The molecule has 0 spiro atoms. The van der Waals surface area contributed by atoms with Crippen molar-refractivity contribution in [2.45, 2.75) is 25.3 Å². The zero-order valence-corrected chi connectivity index (χ0v) is 11.7. The molecule has 2 heterocycles. The van der Waals surface area contributed by atoms with Crippen LogP contribution in [0.1, 0.15) is 29.8 Å². The van der Waals surface area contributed by atoms with Gasteiger partial charge in [0.1, 0.15) is 0 Å². The van der Waals surface area contributed by atoms with Crippen LogP contribution in [0, 0.1) is 5.92 Å². The van der Waals surface area contributed by atoms with Gasteiger partial charge in [-0.1, -0.05) is 11.6 Å². The molecule has 2 aromatic rings. The highest BCUT2D eigenvalue weighted by atomic mass is 16.5. The van der Waals surface area contributed by atoms with Gasteiger partial charge < -0.3 is 15.6 Å². The van der Waals surface area contributed by atoms with E-state index < -0.39 is 0 Å². The van der Waals surface area contributed by atoms with E-state index in [9.17, 15) is 4.79 Å². The van der Waals surface area contributed by atoms with Crippen LogP contribution in [0.3, 0.4) is 0 Å². The van der Waals surface area contributed by atoms with E-state index >= 15 is 0 Å². The summed E-state index contributed by atoms with van der Waals surface area (Å²) in [4.78, 5) is 16.2. The van der Waals surface area contributed by atoms with Crippen LogP contribution in [0.25, 0.3) is 11.3 Å². The van der Waals surface area contributed by atoms with Gasteiger partial charge >= 0.3 is 0 Å². The molecular formula is C15H18N4O2. The Bertz CT molecular complexity index is 611. The van der Waals surface area contributed by atoms with Gasteiger partial charge in [-0.3, -0.25) is 9.78 Å². The van der Waals surface area contributed by atoms with Crippen LogP contribution >= 0.6 is 0 Å². The number of nitrogens with two attached hydrogens (primary N) is 1. The lowest BCUT2D eigenvalue weighted by Crippen LogP contribution is -2.39. The minimum absolute atomic E-state index is 0.140. The van der Waals surface area contributed by atoms with E-state index in [1.807, 2.05) is 12.1 Å². The molecule has 0 radical (unpaired) electrons. The second-order valence-corrected chi connectivity index (χ2v) is 5.32. The fourth-order valence-corrected chi connectivity index (χ4v) is 2.78. The van der Waals surface area contributed by atoms with Gasteiger partial charge in [0.2, 0.25) is 0 Å². The fraction of sp³-hybridized carbons (Fsp3) is 0.400. The van der Waals surface area contributed by atoms with Crippen LogP contribution in [0.4, 0.5) is 0 Å². The molecule has 3 rings (SSSR count). The monoisotopic (exact) mass is 286 g/mol. The molecule has 1 aliphatic carbocycles. The lowest BCUT2D eigenvalue weighted by molar-refractivity contribution is 0.0919. The summed E-state index contributed by atoms with van der Waals surface area (Å²) >= 11 is 0. The second kappa shape index (κ2) is 6.05. The highest BCUT2D eigenvalue weighted by molar-refractivity contribution is 5.93. The molecule has 110 valence electrons. The van der Waals surface area contributed by atoms with Gasteiger partial charge in [-0.25, -0.2) is 0 Å². The van der Waals surface area contributed by atoms with Crippen LogP contribution in [0.5, 0.6) is 0 Å². The molecule has 2 unspecified atom stereocenters. The van der Waals surface area contributed by atoms with Crippen molar-refractivity contribution in [3.8, 4) is 11.3 Å². The van der Waals surface area contributed by atoms with Crippen molar-refractivity contribution in [1.29, 1.82) is 0 Å². The number of rotatable bonds is 4. The van der Waals surface area contributed by atoms with Crippen LogP contribution in [0.2, 0.25) is 0 Å². The molecule has 2 aromatic heterocycles. The zero-order chi connectivity index (χ0) is 14.7. The number of aromatic nitrogens is 2. The summed E-state index contributed by atoms with van der Waals surface area (Å²) < 4.78 is 5.21. The van der Waals surface area contributed by atoms with Gasteiger partial charge in [0.25, 0.3) is 5.91 Å². The number of nitrogens with one attached hydrogen (secondary N) is 1. The number of pyridine rings is 1. The van der Waals surface area contributed by atoms with Gasteiger partial charge in [-0.05, 0) is 37.4 Å². The smallest absolute Gasteiger partial charge is 0.273 e. The summed E-state index contributed by atoms with van der Waals surface area (Å²) in [6.07, 6.45) is 6.50. The molecule has 0 aromatic carbocycles. The Morgan fingerprint density at radius 3 is 3.14 bits per heavy atom. The minimum Gasteiger partial charge on any atom is -0.355 e. The van der Waals surface area contributed by atoms with Crippen molar-refractivity contribution in [3.05, 3.63) is 36.3 Å². The normalized spacial score (nSPS) is 21.4. The van der Waals surface area contributed by atoms with Crippen LogP contribution < -0.4 is 11.1 Å². The predicted molar refractivity (Wildman–Crippen MR) is 77.4 cm³/mol. The molecule has 0 saturated heterocycles. The minimum atomic E-state index is -0.209. The molecule has 21 heavy (non-hydrogen) atoms. The van der Waals surface area contributed by atoms with Crippen LogP contribution in [-0.2, 0) is 0 Å². The summed E-state index contributed by atoms with van der Waals surface area (Å²) in [5.74, 6) is 0.688. The average molecular weight is 286 g/mol. The van der Waals surface area contributed by atoms with Crippen molar-refractivity contribution in [2.75, 3.05) is 6.54 Å². The summed E-state index contributed by atoms with van der Waals surface area (Å²) in [6.45, 7) is 0.602. The molecule has 6 nitrogen and oxygen atoms in total. The molecule has 1 fully saturated rings. The lowest BCUT2D eigenvalue weighted by Gasteiger charge is -2.18. The summed E-state index contributed by atoms with van der Waals surface area (Å²) in [7, 11) is 0. The van der Waals surface area contributed by atoms with Crippen LogP contribution in [-0.4, -0.2) is 28.6 Å². The summed E-state index contributed by atoms with van der Waals surface area (Å²) in [6, 6.07) is 5.44. The Labute approximate surface area is 122 Å².